The summed E-state index contributed by atoms with van der Waals surface area (Å²) in [5.41, 5.74) is 3.51. The Hall–Kier alpha value is -2.53. The van der Waals surface area contributed by atoms with E-state index in [-0.39, 0.29) is 18.4 Å². The molecule has 0 aromatic heterocycles. The van der Waals surface area contributed by atoms with Crippen molar-refractivity contribution in [3.8, 4) is 5.75 Å². The molecule has 1 N–H and O–H groups in total. The van der Waals surface area contributed by atoms with Gasteiger partial charge in [-0.25, -0.2) is 0 Å². The molecular weight excluding hydrogens is 328 g/mol. The second-order valence-corrected chi connectivity index (χ2v) is 6.22. The van der Waals surface area contributed by atoms with Crippen molar-refractivity contribution in [2.45, 2.75) is 13.8 Å². The molecule has 5 nitrogen and oxygen atoms in total. The minimum Gasteiger partial charge on any atom is -0.482 e. The average Bonchev–Trinajstić information content (AvgIpc) is 2.54. The largest absolute Gasteiger partial charge is 0.482 e. The van der Waals surface area contributed by atoms with E-state index in [1.807, 2.05) is 19.9 Å². The number of benzene rings is 2. The molecule has 3 rings (SSSR count). The molecule has 0 saturated carbocycles. The number of carbonyl (C=O) groups excluding carboxylic acids is 2. The Kier molecular flexibility index (Phi) is 4.20. The van der Waals surface area contributed by atoms with E-state index in [2.05, 4.69) is 5.32 Å². The number of likely N-dealkylation sites (N-methyl/N-ethyl adjacent to an activating group) is 1. The monoisotopic (exact) mass is 344 g/mol. The zero-order valence-corrected chi connectivity index (χ0v) is 14.4. The van der Waals surface area contributed by atoms with Gasteiger partial charge in [0.05, 0.1) is 16.4 Å². The maximum atomic E-state index is 12.6. The number of halogens is 1. The summed E-state index contributed by atoms with van der Waals surface area (Å²) < 4.78 is 5.37. The van der Waals surface area contributed by atoms with Crippen molar-refractivity contribution in [1.82, 2.24) is 0 Å². The summed E-state index contributed by atoms with van der Waals surface area (Å²) in [5.74, 6) is 0.133. The molecule has 0 bridgehead atoms. The molecule has 1 aliphatic heterocycles. The SMILES string of the molecule is Cc1cc(C)c(NC(=O)c2ccc3c(c2)N(C)C(=O)CO3)c(Cl)c1. The van der Waals surface area contributed by atoms with Crippen molar-refractivity contribution >= 4 is 34.8 Å². The lowest BCUT2D eigenvalue weighted by atomic mass is 10.1. The number of rotatable bonds is 2. The molecule has 0 unspecified atom stereocenters. The standard InChI is InChI=1S/C18H17ClN2O3/c1-10-6-11(2)17(13(19)7-10)20-18(23)12-4-5-15-14(8-12)21(3)16(22)9-24-15/h4-8H,9H2,1-3H3,(H,20,23). The second-order valence-electron chi connectivity index (χ2n) is 5.82. The summed E-state index contributed by atoms with van der Waals surface area (Å²) >= 11 is 6.24. The van der Waals surface area contributed by atoms with Crippen LogP contribution in [-0.4, -0.2) is 25.5 Å². The van der Waals surface area contributed by atoms with Gasteiger partial charge in [0.15, 0.2) is 6.61 Å². The van der Waals surface area contributed by atoms with Crippen LogP contribution in [-0.2, 0) is 4.79 Å². The van der Waals surface area contributed by atoms with Crippen molar-refractivity contribution in [3.63, 3.8) is 0 Å². The van der Waals surface area contributed by atoms with Crippen LogP contribution in [0.1, 0.15) is 21.5 Å². The van der Waals surface area contributed by atoms with Crippen LogP contribution in [0.5, 0.6) is 5.75 Å². The van der Waals surface area contributed by atoms with Crippen molar-refractivity contribution in [1.29, 1.82) is 0 Å². The van der Waals surface area contributed by atoms with Crippen LogP contribution in [0.25, 0.3) is 0 Å². The first kappa shape index (κ1) is 16.3. The minimum atomic E-state index is -0.293. The van der Waals surface area contributed by atoms with Gasteiger partial charge in [0.2, 0.25) is 0 Å². The number of nitrogens with zero attached hydrogens (tertiary/aromatic N) is 1. The van der Waals surface area contributed by atoms with E-state index in [4.69, 9.17) is 16.3 Å². The lowest BCUT2D eigenvalue weighted by molar-refractivity contribution is -0.120. The molecule has 6 heteroatoms. The molecule has 1 heterocycles. The summed E-state index contributed by atoms with van der Waals surface area (Å²) in [5, 5.41) is 3.33. The summed E-state index contributed by atoms with van der Waals surface area (Å²) in [4.78, 5) is 25.8. The Morgan fingerprint density at radius 3 is 2.71 bits per heavy atom. The Labute approximate surface area is 145 Å². The maximum absolute atomic E-state index is 12.6. The number of hydrogen-bond acceptors (Lipinski definition) is 3. The molecule has 2 amide bonds. The van der Waals surface area contributed by atoms with Gasteiger partial charge in [-0.1, -0.05) is 17.7 Å². The van der Waals surface area contributed by atoms with Crippen molar-refractivity contribution in [2.75, 3.05) is 23.9 Å². The van der Waals surface area contributed by atoms with E-state index in [1.165, 1.54) is 4.90 Å². The van der Waals surface area contributed by atoms with Crippen LogP contribution in [0, 0.1) is 13.8 Å². The van der Waals surface area contributed by atoms with E-state index in [1.54, 1.807) is 31.3 Å². The molecule has 0 spiro atoms. The van der Waals surface area contributed by atoms with Gasteiger partial charge in [0.25, 0.3) is 11.8 Å². The number of carbonyl (C=O) groups is 2. The summed E-state index contributed by atoms with van der Waals surface area (Å²) in [7, 11) is 1.66. The van der Waals surface area contributed by atoms with Crippen LogP contribution in [0.4, 0.5) is 11.4 Å². The number of hydrogen-bond donors (Lipinski definition) is 1. The third-order valence-corrected chi connectivity index (χ3v) is 4.28. The normalized spacial score (nSPS) is 13.3. The Bertz CT molecular complexity index is 825. The van der Waals surface area contributed by atoms with E-state index in [9.17, 15) is 9.59 Å². The van der Waals surface area contributed by atoms with Crippen molar-refractivity contribution in [2.24, 2.45) is 0 Å². The minimum absolute atomic E-state index is 0.00715. The van der Waals surface area contributed by atoms with Gasteiger partial charge in [-0.3, -0.25) is 9.59 Å². The lowest BCUT2D eigenvalue weighted by Crippen LogP contribution is -2.35. The highest BCUT2D eigenvalue weighted by atomic mass is 35.5. The van der Waals surface area contributed by atoms with Gasteiger partial charge in [0.1, 0.15) is 5.75 Å². The number of aryl methyl sites for hydroxylation is 2. The zero-order chi connectivity index (χ0) is 17.4. The fraction of sp³-hybridized carbons (Fsp3) is 0.222. The zero-order valence-electron chi connectivity index (χ0n) is 13.6. The smallest absolute Gasteiger partial charge is 0.264 e. The maximum Gasteiger partial charge on any atom is 0.264 e. The average molecular weight is 345 g/mol. The van der Waals surface area contributed by atoms with Gasteiger partial charge in [-0.15, -0.1) is 0 Å². The molecule has 0 radical (unpaired) electrons. The van der Waals surface area contributed by atoms with Crippen LogP contribution < -0.4 is 15.0 Å². The van der Waals surface area contributed by atoms with Crippen LogP contribution in [0.3, 0.4) is 0 Å². The molecule has 0 saturated heterocycles. The topological polar surface area (TPSA) is 58.6 Å². The predicted octanol–water partition coefficient (Wildman–Crippen LogP) is 3.56. The second kappa shape index (κ2) is 6.17. The molecule has 1 aliphatic rings. The number of ether oxygens (including phenoxy) is 1. The molecule has 2 aromatic carbocycles. The Morgan fingerprint density at radius 2 is 2.00 bits per heavy atom. The number of fused-ring (bicyclic) bond motifs is 1. The van der Waals surface area contributed by atoms with E-state index in [0.717, 1.165) is 11.1 Å². The third-order valence-electron chi connectivity index (χ3n) is 3.98. The summed E-state index contributed by atoms with van der Waals surface area (Å²) in [6.45, 7) is 3.84. The first-order valence-corrected chi connectivity index (χ1v) is 7.86. The Morgan fingerprint density at radius 1 is 1.25 bits per heavy atom. The molecule has 0 atom stereocenters. The van der Waals surface area contributed by atoms with Crippen LogP contribution in [0.2, 0.25) is 5.02 Å². The fourth-order valence-electron chi connectivity index (χ4n) is 2.67. The number of amides is 2. The fourth-order valence-corrected chi connectivity index (χ4v) is 3.04. The lowest BCUT2D eigenvalue weighted by Gasteiger charge is -2.26. The number of nitrogens with one attached hydrogen (secondary N) is 1. The third kappa shape index (κ3) is 2.95. The quantitative estimate of drug-likeness (QED) is 0.906. The predicted molar refractivity (Wildman–Crippen MR) is 94.2 cm³/mol. The van der Waals surface area contributed by atoms with Crippen LogP contribution >= 0.6 is 11.6 Å². The summed E-state index contributed by atoms with van der Waals surface area (Å²) in [6, 6.07) is 8.75. The van der Waals surface area contributed by atoms with Gasteiger partial charge in [0, 0.05) is 12.6 Å². The molecule has 2 aromatic rings. The first-order valence-electron chi connectivity index (χ1n) is 7.48. The van der Waals surface area contributed by atoms with E-state index < -0.39 is 0 Å². The molecule has 124 valence electrons. The highest BCUT2D eigenvalue weighted by Crippen LogP contribution is 2.33. The highest BCUT2D eigenvalue weighted by Gasteiger charge is 2.23. The molecule has 24 heavy (non-hydrogen) atoms. The van der Waals surface area contributed by atoms with Gasteiger partial charge in [-0.2, -0.15) is 0 Å². The van der Waals surface area contributed by atoms with Crippen molar-refractivity contribution < 1.29 is 14.3 Å². The van der Waals surface area contributed by atoms with Crippen molar-refractivity contribution in [3.05, 3.63) is 52.0 Å². The Balaban J connectivity index is 1.91. The van der Waals surface area contributed by atoms with Gasteiger partial charge in [-0.05, 0) is 49.2 Å². The first-order chi connectivity index (χ1) is 11.4. The molecule has 0 aliphatic carbocycles. The summed E-state index contributed by atoms with van der Waals surface area (Å²) in [6.07, 6.45) is 0. The van der Waals surface area contributed by atoms with E-state index in [0.29, 0.717) is 27.7 Å². The molecular formula is C18H17ClN2O3. The molecule has 0 fully saturated rings. The number of anilines is 2. The van der Waals surface area contributed by atoms with Gasteiger partial charge >= 0.3 is 0 Å². The van der Waals surface area contributed by atoms with E-state index >= 15 is 0 Å². The van der Waals surface area contributed by atoms with Gasteiger partial charge < -0.3 is 15.0 Å². The van der Waals surface area contributed by atoms with Crippen LogP contribution in [0.15, 0.2) is 30.3 Å². The highest BCUT2D eigenvalue weighted by molar-refractivity contribution is 6.34.